The normalized spacial score (nSPS) is 10.5. The highest BCUT2D eigenvalue weighted by Gasteiger charge is 2.12. The Kier molecular flexibility index (Phi) is 4.43. The van der Waals surface area contributed by atoms with E-state index < -0.39 is 0 Å². The van der Waals surface area contributed by atoms with E-state index in [-0.39, 0.29) is 5.91 Å². The van der Waals surface area contributed by atoms with Gasteiger partial charge in [-0.3, -0.25) is 4.79 Å². The van der Waals surface area contributed by atoms with Gasteiger partial charge in [-0.25, -0.2) is 0 Å². The van der Waals surface area contributed by atoms with E-state index in [0.717, 1.165) is 23.0 Å². The number of carbonyl (C=O) groups is 1. The minimum atomic E-state index is -0.0863. The van der Waals surface area contributed by atoms with E-state index in [1.807, 2.05) is 42.1 Å². The van der Waals surface area contributed by atoms with Gasteiger partial charge < -0.3 is 9.88 Å². The number of hydrogen-bond donors (Lipinski definition) is 1. The van der Waals surface area contributed by atoms with Crippen molar-refractivity contribution < 1.29 is 4.79 Å². The standard InChI is InChI=1S/C15H17BrN2O/c1-3-6-11-7-4-5-8-13(11)17-15(19)14-9-12(16)10-18(14)2/h4-5,7-10H,3,6H2,1-2H3,(H,17,19). The lowest BCUT2D eigenvalue weighted by Gasteiger charge is -2.10. The SMILES string of the molecule is CCCc1ccccc1NC(=O)c1cc(Br)cn1C. The van der Waals surface area contributed by atoms with Gasteiger partial charge in [-0.1, -0.05) is 31.5 Å². The number of carbonyl (C=O) groups excluding carboxylic acids is 1. The summed E-state index contributed by atoms with van der Waals surface area (Å²) in [6.07, 6.45) is 3.89. The van der Waals surface area contributed by atoms with Gasteiger partial charge in [0, 0.05) is 23.4 Å². The Labute approximate surface area is 121 Å². The molecule has 4 heteroatoms. The first-order valence-corrected chi connectivity index (χ1v) is 7.12. The third kappa shape index (κ3) is 3.26. The van der Waals surface area contributed by atoms with Crippen LogP contribution < -0.4 is 5.32 Å². The Bertz CT molecular complexity index is 590. The average molecular weight is 321 g/mol. The molecule has 0 unspecified atom stereocenters. The van der Waals surface area contributed by atoms with Crippen molar-refractivity contribution in [1.29, 1.82) is 0 Å². The van der Waals surface area contributed by atoms with Gasteiger partial charge in [-0.15, -0.1) is 0 Å². The fourth-order valence-corrected chi connectivity index (χ4v) is 2.59. The van der Waals surface area contributed by atoms with Crippen molar-refractivity contribution >= 4 is 27.5 Å². The van der Waals surface area contributed by atoms with Crippen molar-refractivity contribution in [3.63, 3.8) is 0 Å². The molecule has 100 valence electrons. The first kappa shape index (κ1) is 13.9. The number of hydrogen-bond acceptors (Lipinski definition) is 1. The van der Waals surface area contributed by atoms with Crippen LogP contribution in [0.5, 0.6) is 0 Å². The number of halogens is 1. The van der Waals surface area contributed by atoms with Gasteiger partial charge in [0.15, 0.2) is 0 Å². The number of anilines is 1. The highest BCUT2D eigenvalue weighted by atomic mass is 79.9. The maximum atomic E-state index is 12.3. The Balaban J connectivity index is 2.21. The van der Waals surface area contributed by atoms with Crippen molar-refractivity contribution in [2.45, 2.75) is 19.8 Å². The first-order chi connectivity index (χ1) is 9.11. The first-order valence-electron chi connectivity index (χ1n) is 6.33. The summed E-state index contributed by atoms with van der Waals surface area (Å²) in [5.41, 5.74) is 2.71. The molecule has 1 heterocycles. The smallest absolute Gasteiger partial charge is 0.272 e. The third-order valence-electron chi connectivity index (χ3n) is 2.99. The van der Waals surface area contributed by atoms with Crippen molar-refractivity contribution in [2.75, 3.05) is 5.32 Å². The molecule has 1 aromatic heterocycles. The molecule has 0 aliphatic rings. The molecule has 1 N–H and O–H groups in total. The van der Waals surface area contributed by atoms with Gasteiger partial charge in [0.1, 0.15) is 5.69 Å². The molecule has 1 amide bonds. The molecule has 0 saturated heterocycles. The van der Waals surface area contributed by atoms with Crippen molar-refractivity contribution in [1.82, 2.24) is 4.57 Å². The number of nitrogens with one attached hydrogen (secondary N) is 1. The molecule has 0 spiro atoms. The molecule has 1 aromatic carbocycles. The Hall–Kier alpha value is -1.55. The fourth-order valence-electron chi connectivity index (χ4n) is 2.07. The predicted molar refractivity (Wildman–Crippen MR) is 81.5 cm³/mol. The number of para-hydroxylation sites is 1. The summed E-state index contributed by atoms with van der Waals surface area (Å²) in [5.74, 6) is -0.0863. The van der Waals surface area contributed by atoms with Crippen molar-refractivity contribution in [2.24, 2.45) is 7.05 Å². The minimum absolute atomic E-state index is 0.0863. The predicted octanol–water partition coefficient (Wildman–Crippen LogP) is 3.99. The van der Waals surface area contributed by atoms with Gasteiger partial charge in [0.2, 0.25) is 0 Å². The zero-order valence-corrected chi connectivity index (χ0v) is 12.7. The summed E-state index contributed by atoms with van der Waals surface area (Å²) >= 11 is 3.38. The zero-order valence-electron chi connectivity index (χ0n) is 11.1. The summed E-state index contributed by atoms with van der Waals surface area (Å²) in [6, 6.07) is 9.76. The van der Waals surface area contributed by atoms with Crippen LogP contribution in [0.25, 0.3) is 0 Å². The molecule has 0 aliphatic carbocycles. The molecule has 3 nitrogen and oxygen atoms in total. The van der Waals surface area contributed by atoms with E-state index in [1.165, 1.54) is 5.56 Å². The molecule has 19 heavy (non-hydrogen) atoms. The monoisotopic (exact) mass is 320 g/mol. The number of rotatable bonds is 4. The number of aromatic nitrogens is 1. The van der Waals surface area contributed by atoms with E-state index in [0.29, 0.717) is 5.69 Å². The molecule has 0 fully saturated rings. The molecule has 2 rings (SSSR count). The second-order valence-electron chi connectivity index (χ2n) is 4.52. The van der Waals surface area contributed by atoms with Crippen LogP contribution in [0, 0.1) is 0 Å². The zero-order chi connectivity index (χ0) is 13.8. The number of aryl methyl sites for hydroxylation is 2. The van der Waals surface area contributed by atoms with Gasteiger partial charge in [0.05, 0.1) is 0 Å². The van der Waals surface area contributed by atoms with E-state index in [9.17, 15) is 4.79 Å². The van der Waals surface area contributed by atoms with Crippen LogP contribution in [0.4, 0.5) is 5.69 Å². The lowest BCUT2D eigenvalue weighted by molar-refractivity contribution is 0.101. The summed E-state index contributed by atoms with van der Waals surface area (Å²) in [6.45, 7) is 2.13. The number of benzene rings is 1. The fraction of sp³-hybridized carbons (Fsp3) is 0.267. The minimum Gasteiger partial charge on any atom is -0.345 e. The maximum absolute atomic E-state index is 12.3. The van der Waals surface area contributed by atoms with E-state index in [2.05, 4.69) is 34.2 Å². The van der Waals surface area contributed by atoms with Crippen LogP contribution in [0.15, 0.2) is 41.0 Å². The average Bonchev–Trinajstić information content (AvgIpc) is 2.71. The second-order valence-corrected chi connectivity index (χ2v) is 5.43. The molecular weight excluding hydrogens is 304 g/mol. The van der Waals surface area contributed by atoms with Crippen molar-refractivity contribution in [3.05, 3.63) is 52.3 Å². The Morgan fingerprint density at radius 1 is 1.37 bits per heavy atom. The van der Waals surface area contributed by atoms with Crippen LogP contribution in [0.3, 0.4) is 0 Å². The summed E-state index contributed by atoms with van der Waals surface area (Å²) in [4.78, 5) is 12.3. The van der Waals surface area contributed by atoms with Crippen LogP contribution >= 0.6 is 15.9 Å². The van der Waals surface area contributed by atoms with Crippen LogP contribution in [-0.4, -0.2) is 10.5 Å². The van der Waals surface area contributed by atoms with Gasteiger partial charge in [-0.2, -0.15) is 0 Å². The Morgan fingerprint density at radius 2 is 2.11 bits per heavy atom. The van der Waals surface area contributed by atoms with Crippen LogP contribution in [-0.2, 0) is 13.5 Å². The summed E-state index contributed by atoms with van der Waals surface area (Å²) < 4.78 is 2.71. The van der Waals surface area contributed by atoms with Crippen LogP contribution in [0.1, 0.15) is 29.4 Å². The molecule has 0 bridgehead atoms. The van der Waals surface area contributed by atoms with E-state index >= 15 is 0 Å². The molecule has 0 saturated carbocycles. The van der Waals surface area contributed by atoms with Crippen molar-refractivity contribution in [3.8, 4) is 0 Å². The Morgan fingerprint density at radius 3 is 2.74 bits per heavy atom. The lowest BCUT2D eigenvalue weighted by atomic mass is 10.1. The van der Waals surface area contributed by atoms with E-state index in [1.54, 1.807) is 0 Å². The highest BCUT2D eigenvalue weighted by molar-refractivity contribution is 9.10. The largest absolute Gasteiger partial charge is 0.345 e. The molecule has 0 aliphatic heterocycles. The molecule has 2 aromatic rings. The summed E-state index contributed by atoms with van der Waals surface area (Å²) in [7, 11) is 1.86. The maximum Gasteiger partial charge on any atom is 0.272 e. The second kappa shape index (κ2) is 6.06. The van der Waals surface area contributed by atoms with Gasteiger partial charge >= 0.3 is 0 Å². The molecule has 0 atom stereocenters. The lowest BCUT2D eigenvalue weighted by Crippen LogP contribution is -2.16. The van der Waals surface area contributed by atoms with E-state index in [4.69, 9.17) is 0 Å². The number of nitrogens with zero attached hydrogens (tertiary/aromatic N) is 1. The quantitative estimate of drug-likeness (QED) is 0.908. The third-order valence-corrected chi connectivity index (χ3v) is 3.42. The van der Waals surface area contributed by atoms with Gasteiger partial charge in [0.25, 0.3) is 5.91 Å². The topological polar surface area (TPSA) is 34.0 Å². The molecule has 0 radical (unpaired) electrons. The van der Waals surface area contributed by atoms with Gasteiger partial charge in [-0.05, 0) is 40.0 Å². The molecular formula is C15H17BrN2O. The highest BCUT2D eigenvalue weighted by Crippen LogP contribution is 2.19. The number of amides is 1. The van der Waals surface area contributed by atoms with Crippen LogP contribution in [0.2, 0.25) is 0 Å². The summed E-state index contributed by atoms with van der Waals surface area (Å²) in [5, 5.41) is 2.99.